The van der Waals surface area contributed by atoms with Gasteiger partial charge in [0.2, 0.25) is 10.0 Å². The van der Waals surface area contributed by atoms with E-state index in [1.54, 1.807) is 0 Å². The SMILES string of the molecule is CC1(NC(=O)c2cc(S(N)(=O)=O)c(Cl)cc2F)CC1. The number of nitrogens with two attached hydrogens (primary N) is 1. The molecule has 0 radical (unpaired) electrons. The predicted octanol–water partition coefficient (Wildman–Crippen LogP) is 1.41. The number of sulfonamides is 1. The first-order valence-electron chi connectivity index (χ1n) is 5.47. The van der Waals surface area contributed by atoms with Gasteiger partial charge in [0.05, 0.1) is 10.6 Å². The molecule has 0 unspecified atom stereocenters. The van der Waals surface area contributed by atoms with Crippen LogP contribution in [0.5, 0.6) is 0 Å². The van der Waals surface area contributed by atoms with Crippen molar-refractivity contribution < 1.29 is 17.6 Å². The zero-order valence-corrected chi connectivity index (χ0v) is 11.6. The highest BCUT2D eigenvalue weighted by Gasteiger charge is 2.39. The Bertz CT molecular complexity index is 656. The second kappa shape index (κ2) is 4.43. The van der Waals surface area contributed by atoms with E-state index in [0.717, 1.165) is 25.0 Å². The van der Waals surface area contributed by atoms with Crippen LogP contribution in [-0.4, -0.2) is 19.9 Å². The molecule has 0 atom stereocenters. The Morgan fingerprint density at radius 1 is 1.47 bits per heavy atom. The average molecular weight is 307 g/mol. The Morgan fingerprint density at radius 3 is 2.53 bits per heavy atom. The molecule has 0 aromatic heterocycles. The van der Waals surface area contributed by atoms with Crippen molar-refractivity contribution in [2.24, 2.45) is 5.14 Å². The molecule has 0 bridgehead atoms. The van der Waals surface area contributed by atoms with Gasteiger partial charge in [0, 0.05) is 5.54 Å². The molecule has 19 heavy (non-hydrogen) atoms. The molecule has 8 heteroatoms. The molecule has 3 N–H and O–H groups in total. The van der Waals surface area contributed by atoms with Crippen LogP contribution in [0.3, 0.4) is 0 Å². The second-order valence-corrected chi connectivity index (χ2v) is 6.76. The molecule has 1 amide bonds. The number of carbonyl (C=O) groups is 1. The summed E-state index contributed by atoms with van der Waals surface area (Å²) >= 11 is 5.61. The molecular formula is C11H12ClFN2O3S. The van der Waals surface area contributed by atoms with E-state index in [1.165, 1.54) is 0 Å². The van der Waals surface area contributed by atoms with Gasteiger partial charge in [0.15, 0.2) is 0 Å². The lowest BCUT2D eigenvalue weighted by atomic mass is 10.2. The van der Waals surface area contributed by atoms with Crippen molar-refractivity contribution in [2.75, 3.05) is 0 Å². The molecule has 1 aromatic carbocycles. The van der Waals surface area contributed by atoms with Crippen LogP contribution in [0.2, 0.25) is 5.02 Å². The summed E-state index contributed by atoms with van der Waals surface area (Å²) in [5.41, 5.74) is -0.730. The van der Waals surface area contributed by atoms with Crippen LogP contribution in [0, 0.1) is 5.82 Å². The average Bonchev–Trinajstić information content (AvgIpc) is 2.93. The molecule has 1 fully saturated rings. The second-order valence-electron chi connectivity index (χ2n) is 4.82. The molecule has 104 valence electrons. The van der Waals surface area contributed by atoms with E-state index >= 15 is 0 Å². The fourth-order valence-corrected chi connectivity index (χ4v) is 2.66. The maximum absolute atomic E-state index is 13.7. The largest absolute Gasteiger partial charge is 0.347 e. The van der Waals surface area contributed by atoms with Gasteiger partial charge in [-0.3, -0.25) is 4.79 Å². The van der Waals surface area contributed by atoms with Gasteiger partial charge in [-0.2, -0.15) is 0 Å². The standard InChI is InChI=1S/C11H12ClFN2O3S/c1-11(2-3-11)15-10(16)6-4-9(19(14,17)18)7(12)5-8(6)13/h4-5H,2-3H2,1H3,(H,15,16)(H2,14,17,18). The van der Waals surface area contributed by atoms with Crippen molar-refractivity contribution in [3.05, 3.63) is 28.5 Å². The van der Waals surface area contributed by atoms with E-state index < -0.39 is 26.6 Å². The summed E-state index contributed by atoms with van der Waals surface area (Å²) in [6, 6.07) is 1.62. The number of halogens is 2. The van der Waals surface area contributed by atoms with Crippen molar-refractivity contribution >= 4 is 27.5 Å². The maximum Gasteiger partial charge on any atom is 0.254 e. The van der Waals surface area contributed by atoms with Gasteiger partial charge in [0.25, 0.3) is 5.91 Å². The number of carbonyl (C=O) groups excluding carboxylic acids is 1. The van der Waals surface area contributed by atoms with E-state index in [9.17, 15) is 17.6 Å². The summed E-state index contributed by atoms with van der Waals surface area (Å²) in [4.78, 5) is 11.4. The molecule has 1 aliphatic carbocycles. The number of amides is 1. The lowest BCUT2D eigenvalue weighted by molar-refractivity contribution is 0.0931. The number of primary sulfonamides is 1. The maximum atomic E-state index is 13.7. The fraction of sp³-hybridized carbons (Fsp3) is 0.364. The Kier molecular flexibility index (Phi) is 3.32. The Labute approximate surface area is 115 Å². The van der Waals surface area contributed by atoms with Gasteiger partial charge in [-0.15, -0.1) is 0 Å². The number of hydrogen-bond donors (Lipinski definition) is 2. The third-order valence-corrected chi connectivity index (χ3v) is 4.36. The van der Waals surface area contributed by atoms with Crippen molar-refractivity contribution in [3.8, 4) is 0 Å². The number of nitrogens with one attached hydrogen (secondary N) is 1. The number of benzene rings is 1. The zero-order chi connectivity index (χ0) is 14.4. The summed E-state index contributed by atoms with van der Waals surface area (Å²) in [5, 5.41) is 7.23. The van der Waals surface area contributed by atoms with E-state index in [2.05, 4.69) is 5.32 Å². The highest BCUT2D eigenvalue weighted by atomic mass is 35.5. The highest BCUT2D eigenvalue weighted by Crippen LogP contribution is 2.35. The molecule has 1 aliphatic rings. The zero-order valence-electron chi connectivity index (χ0n) is 10.0. The summed E-state index contributed by atoms with van der Waals surface area (Å²) < 4.78 is 36.2. The van der Waals surface area contributed by atoms with Gasteiger partial charge < -0.3 is 5.32 Å². The molecule has 0 aliphatic heterocycles. The van der Waals surface area contributed by atoms with Gasteiger partial charge >= 0.3 is 0 Å². The third-order valence-electron chi connectivity index (χ3n) is 2.99. The van der Waals surface area contributed by atoms with Crippen molar-refractivity contribution in [3.63, 3.8) is 0 Å². The van der Waals surface area contributed by atoms with Gasteiger partial charge in [-0.1, -0.05) is 11.6 Å². The molecule has 1 saturated carbocycles. The van der Waals surface area contributed by atoms with E-state index in [0.29, 0.717) is 0 Å². The minimum atomic E-state index is -4.11. The normalized spacial score (nSPS) is 17.1. The summed E-state index contributed by atoms with van der Waals surface area (Å²) in [7, 11) is -4.11. The van der Waals surface area contributed by atoms with E-state index in [-0.39, 0.29) is 16.1 Å². The molecule has 0 heterocycles. The smallest absolute Gasteiger partial charge is 0.254 e. The third kappa shape index (κ3) is 3.05. The van der Waals surface area contributed by atoms with Crippen molar-refractivity contribution in [1.29, 1.82) is 0 Å². The van der Waals surface area contributed by atoms with Crippen LogP contribution in [0.15, 0.2) is 17.0 Å². The molecule has 0 spiro atoms. The van der Waals surface area contributed by atoms with Crippen LogP contribution >= 0.6 is 11.6 Å². The first-order valence-corrected chi connectivity index (χ1v) is 7.39. The first kappa shape index (κ1) is 14.2. The number of hydrogen-bond acceptors (Lipinski definition) is 3. The topological polar surface area (TPSA) is 89.3 Å². The first-order chi connectivity index (χ1) is 8.62. The monoisotopic (exact) mass is 306 g/mol. The Balaban J connectivity index is 2.43. The molecule has 5 nitrogen and oxygen atoms in total. The number of rotatable bonds is 3. The molecule has 1 aromatic rings. The predicted molar refractivity (Wildman–Crippen MR) is 67.9 cm³/mol. The molecular weight excluding hydrogens is 295 g/mol. The summed E-state index contributed by atoms with van der Waals surface area (Å²) in [6.45, 7) is 1.82. The fourth-order valence-electron chi connectivity index (χ4n) is 1.58. The summed E-state index contributed by atoms with van der Waals surface area (Å²) in [5.74, 6) is -1.57. The van der Waals surface area contributed by atoms with Crippen LogP contribution < -0.4 is 10.5 Å². The van der Waals surface area contributed by atoms with E-state index in [4.69, 9.17) is 16.7 Å². The molecule has 0 saturated heterocycles. The lowest BCUT2D eigenvalue weighted by Gasteiger charge is -2.13. The van der Waals surface area contributed by atoms with Crippen molar-refractivity contribution in [2.45, 2.75) is 30.2 Å². The van der Waals surface area contributed by atoms with Crippen LogP contribution in [0.25, 0.3) is 0 Å². The molecule has 2 rings (SSSR count). The van der Waals surface area contributed by atoms with Crippen molar-refractivity contribution in [1.82, 2.24) is 5.32 Å². The quantitative estimate of drug-likeness (QED) is 0.884. The van der Waals surface area contributed by atoms with E-state index in [1.807, 2.05) is 6.92 Å². The highest BCUT2D eigenvalue weighted by molar-refractivity contribution is 7.89. The minimum Gasteiger partial charge on any atom is -0.347 e. The Hall–Kier alpha value is -1.18. The lowest BCUT2D eigenvalue weighted by Crippen LogP contribution is -2.34. The van der Waals surface area contributed by atoms with Crippen LogP contribution in [0.4, 0.5) is 4.39 Å². The van der Waals surface area contributed by atoms with Crippen LogP contribution in [0.1, 0.15) is 30.1 Å². The van der Waals surface area contributed by atoms with Gasteiger partial charge in [-0.25, -0.2) is 17.9 Å². The Morgan fingerprint density at radius 2 is 2.05 bits per heavy atom. The summed E-state index contributed by atoms with van der Waals surface area (Å²) in [6.07, 6.45) is 1.60. The van der Waals surface area contributed by atoms with Gasteiger partial charge in [-0.05, 0) is 31.9 Å². The van der Waals surface area contributed by atoms with Crippen LogP contribution in [-0.2, 0) is 10.0 Å². The minimum absolute atomic E-state index is 0.342. The van der Waals surface area contributed by atoms with Gasteiger partial charge in [0.1, 0.15) is 10.7 Å².